The molecule has 9 heteroatoms. The topological polar surface area (TPSA) is 83.1 Å². The quantitative estimate of drug-likeness (QED) is 0.512. The number of hydrogen-bond acceptors (Lipinski definition) is 4. The van der Waals surface area contributed by atoms with Gasteiger partial charge in [-0.15, -0.1) is 11.3 Å². The maximum atomic E-state index is 12.1. The molecule has 3 N–H and O–H groups in total. The van der Waals surface area contributed by atoms with Crippen LogP contribution in [0.25, 0.3) is 0 Å². The molecule has 0 radical (unpaired) electrons. The standard InChI is InChI=1S/C19H16Cl2N4O2S/c20-13-3-1-12(2-4-13)10-22-17(26)9-16-11-28-19(24-16)25-18(27)23-15-7-5-14(21)6-8-15/h1-8,11H,9-10H2,(H,22,26)(H2,23,24,25,27). The van der Waals surface area contributed by atoms with E-state index < -0.39 is 6.03 Å². The number of amides is 3. The predicted molar refractivity (Wildman–Crippen MR) is 113 cm³/mol. The fourth-order valence-electron chi connectivity index (χ4n) is 2.27. The SMILES string of the molecule is O=C(Cc1csc(NC(=O)Nc2ccc(Cl)cc2)n1)NCc1ccc(Cl)cc1. The Labute approximate surface area is 175 Å². The first kappa shape index (κ1) is 20.1. The van der Waals surface area contributed by atoms with E-state index >= 15 is 0 Å². The Morgan fingerprint density at radius 2 is 1.57 bits per heavy atom. The van der Waals surface area contributed by atoms with Gasteiger partial charge in [0, 0.05) is 27.7 Å². The minimum Gasteiger partial charge on any atom is -0.352 e. The van der Waals surface area contributed by atoms with Gasteiger partial charge in [0.05, 0.1) is 12.1 Å². The number of anilines is 2. The number of benzene rings is 2. The van der Waals surface area contributed by atoms with Crippen LogP contribution >= 0.6 is 34.5 Å². The summed E-state index contributed by atoms with van der Waals surface area (Å²) in [7, 11) is 0. The Kier molecular flexibility index (Phi) is 6.86. The van der Waals surface area contributed by atoms with E-state index in [1.54, 1.807) is 41.8 Å². The summed E-state index contributed by atoms with van der Waals surface area (Å²) in [6, 6.07) is 13.6. The highest BCUT2D eigenvalue weighted by atomic mass is 35.5. The van der Waals surface area contributed by atoms with Gasteiger partial charge in [0.1, 0.15) is 0 Å². The molecule has 0 spiro atoms. The first-order valence-corrected chi connectivity index (χ1v) is 9.90. The van der Waals surface area contributed by atoms with E-state index in [0.29, 0.717) is 33.1 Å². The number of carbonyl (C=O) groups excluding carboxylic acids is 2. The highest BCUT2D eigenvalue weighted by Gasteiger charge is 2.10. The minimum absolute atomic E-state index is 0.130. The summed E-state index contributed by atoms with van der Waals surface area (Å²) >= 11 is 12.9. The number of carbonyl (C=O) groups is 2. The lowest BCUT2D eigenvalue weighted by Gasteiger charge is -2.05. The molecule has 0 aliphatic rings. The third-order valence-corrected chi connectivity index (χ3v) is 4.93. The maximum absolute atomic E-state index is 12.1. The van der Waals surface area contributed by atoms with Gasteiger partial charge in [-0.1, -0.05) is 35.3 Å². The summed E-state index contributed by atoms with van der Waals surface area (Å²) < 4.78 is 0. The lowest BCUT2D eigenvalue weighted by molar-refractivity contribution is -0.120. The van der Waals surface area contributed by atoms with Crippen molar-refractivity contribution < 1.29 is 9.59 Å². The molecule has 0 bridgehead atoms. The first-order valence-electron chi connectivity index (χ1n) is 8.27. The molecule has 1 aromatic heterocycles. The Morgan fingerprint density at radius 1 is 0.929 bits per heavy atom. The molecule has 3 rings (SSSR count). The molecule has 144 valence electrons. The largest absolute Gasteiger partial charge is 0.352 e. The van der Waals surface area contributed by atoms with Crippen molar-refractivity contribution in [2.45, 2.75) is 13.0 Å². The van der Waals surface area contributed by atoms with Crippen molar-refractivity contribution >= 4 is 57.3 Å². The van der Waals surface area contributed by atoms with Crippen molar-refractivity contribution in [2.24, 2.45) is 0 Å². The maximum Gasteiger partial charge on any atom is 0.325 e. The number of nitrogens with one attached hydrogen (secondary N) is 3. The van der Waals surface area contributed by atoms with Crippen molar-refractivity contribution in [3.63, 3.8) is 0 Å². The molecular weight excluding hydrogens is 419 g/mol. The molecule has 3 amide bonds. The highest BCUT2D eigenvalue weighted by molar-refractivity contribution is 7.14. The number of aromatic nitrogens is 1. The molecule has 0 atom stereocenters. The molecule has 0 aliphatic carbocycles. The van der Waals surface area contributed by atoms with Crippen LogP contribution in [-0.4, -0.2) is 16.9 Å². The van der Waals surface area contributed by atoms with Gasteiger partial charge < -0.3 is 10.6 Å². The van der Waals surface area contributed by atoms with Crippen molar-refractivity contribution in [3.05, 3.63) is 75.2 Å². The zero-order chi connectivity index (χ0) is 19.9. The molecule has 1 heterocycles. The van der Waals surface area contributed by atoms with Gasteiger partial charge in [-0.3, -0.25) is 10.1 Å². The minimum atomic E-state index is -0.421. The molecule has 3 aromatic rings. The van der Waals surface area contributed by atoms with Crippen LogP contribution in [0.15, 0.2) is 53.9 Å². The van der Waals surface area contributed by atoms with Crippen molar-refractivity contribution in [2.75, 3.05) is 10.6 Å². The summed E-state index contributed by atoms with van der Waals surface area (Å²) in [5.74, 6) is -0.155. The van der Waals surface area contributed by atoms with Crippen LogP contribution in [-0.2, 0) is 17.8 Å². The van der Waals surface area contributed by atoms with Crippen LogP contribution in [0.1, 0.15) is 11.3 Å². The Balaban J connectivity index is 1.46. The van der Waals surface area contributed by atoms with Crippen molar-refractivity contribution in [1.29, 1.82) is 0 Å². The van der Waals surface area contributed by atoms with E-state index in [1.165, 1.54) is 11.3 Å². The van der Waals surface area contributed by atoms with Crippen LogP contribution in [0.4, 0.5) is 15.6 Å². The Morgan fingerprint density at radius 3 is 2.25 bits per heavy atom. The van der Waals surface area contributed by atoms with Crippen LogP contribution in [0.2, 0.25) is 10.0 Å². The van der Waals surface area contributed by atoms with Crippen LogP contribution in [0.3, 0.4) is 0 Å². The fraction of sp³-hybridized carbons (Fsp3) is 0.105. The van der Waals surface area contributed by atoms with Gasteiger partial charge >= 0.3 is 6.03 Å². The average molecular weight is 435 g/mol. The van der Waals surface area contributed by atoms with Crippen molar-refractivity contribution in [3.8, 4) is 0 Å². The molecule has 6 nitrogen and oxygen atoms in total. The summed E-state index contributed by atoms with van der Waals surface area (Å²) in [6.07, 6.45) is 0.130. The predicted octanol–water partition coefficient (Wildman–Crippen LogP) is 4.95. The van der Waals surface area contributed by atoms with Gasteiger partial charge in [0.25, 0.3) is 0 Å². The summed E-state index contributed by atoms with van der Waals surface area (Å²) in [4.78, 5) is 28.3. The van der Waals surface area contributed by atoms with Gasteiger partial charge in [0.15, 0.2) is 5.13 Å². The third kappa shape index (κ3) is 6.23. The third-order valence-electron chi connectivity index (χ3n) is 3.62. The number of halogens is 2. The zero-order valence-corrected chi connectivity index (χ0v) is 16.9. The monoisotopic (exact) mass is 434 g/mol. The molecule has 28 heavy (non-hydrogen) atoms. The average Bonchev–Trinajstić information content (AvgIpc) is 3.09. The number of urea groups is 1. The molecule has 0 saturated carbocycles. The molecule has 0 aliphatic heterocycles. The fourth-order valence-corrected chi connectivity index (χ4v) is 3.23. The van der Waals surface area contributed by atoms with Gasteiger partial charge in [-0.2, -0.15) is 0 Å². The normalized spacial score (nSPS) is 10.4. The second-order valence-corrected chi connectivity index (χ2v) is 7.54. The number of hydrogen-bond donors (Lipinski definition) is 3. The second-order valence-electron chi connectivity index (χ2n) is 5.81. The number of nitrogens with zero attached hydrogens (tertiary/aromatic N) is 1. The van der Waals surface area contributed by atoms with E-state index in [9.17, 15) is 9.59 Å². The summed E-state index contributed by atoms with van der Waals surface area (Å²) in [5.41, 5.74) is 2.15. The van der Waals surface area contributed by atoms with E-state index in [2.05, 4.69) is 20.9 Å². The van der Waals surface area contributed by atoms with Gasteiger partial charge in [-0.05, 0) is 42.0 Å². The lowest BCUT2D eigenvalue weighted by Crippen LogP contribution is -2.24. The molecule has 2 aromatic carbocycles. The Hall–Kier alpha value is -2.61. The lowest BCUT2D eigenvalue weighted by atomic mass is 10.2. The van der Waals surface area contributed by atoms with E-state index in [0.717, 1.165) is 5.56 Å². The second kappa shape index (κ2) is 9.54. The number of thiazole rings is 1. The van der Waals surface area contributed by atoms with Crippen LogP contribution in [0, 0.1) is 0 Å². The molecule has 0 unspecified atom stereocenters. The van der Waals surface area contributed by atoms with Crippen LogP contribution in [0.5, 0.6) is 0 Å². The van der Waals surface area contributed by atoms with Gasteiger partial charge in [-0.25, -0.2) is 9.78 Å². The molecular formula is C19H16Cl2N4O2S. The first-order chi connectivity index (χ1) is 13.5. The Bertz CT molecular complexity index is 959. The van der Waals surface area contributed by atoms with E-state index in [1.807, 2.05) is 12.1 Å². The zero-order valence-electron chi connectivity index (χ0n) is 14.5. The van der Waals surface area contributed by atoms with E-state index in [-0.39, 0.29) is 12.3 Å². The molecule has 0 saturated heterocycles. The highest BCUT2D eigenvalue weighted by Crippen LogP contribution is 2.17. The smallest absolute Gasteiger partial charge is 0.325 e. The van der Waals surface area contributed by atoms with E-state index in [4.69, 9.17) is 23.2 Å². The van der Waals surface area contributed by atoms with Crippen molar-refractivity contribution in [1.82, 2.24) is 10.3 Å². The summed E-state index contributed by atoms with van der Waals surface area (Å²) in [5, 5.41) is 11.5. The van der Waals surface area contributed by atoms with Gasteiger partial charge in [0.2, 0.25) is 5.91 Å². The van der Waals surface area contributed by atoms with Crippen LogP contribution < -0.4 is 16.0 Å². The summed E-state index contributed by atoms with van der Waals surface area (Å²) in [6.45, 7) is 0.411. The number of rotatable bonds is 6. The molecule has 0 fully saturated rings.